The van der Waals surface area contributed by atoms with Gasteiger partial charge in [0.25, 0.3) is 0 Å². The molecule has 0 atom stereocenters. The first-order chi connectivity index (χ1) is 10.2. The molecular weight excluding hydrogens is 377 g/mol. The quantitative estimate of drug-likeness (QED) is 0.629. The predicted molar refractivity (Wildman–Crippen MR) is 89.2 cm³/mol. The van der Waals surface area contributed by atoms with E-state index in [9.17, 15) is 0 Å². The summed E-state index contributed by atoms with van der Waals surface area (Å²) in [4.78, 5) is 13.1. The van der Waals surface area contributed by atoms with Crippen molar-refractivity contribution in [2.24, 2.45) is 0 Å². The third-order valence-corrected chi connectivity index (χ3v) is 3.69. The van der Waals surface area contributed by atoms with Crippen LogP contribution in [0.4, 0.5) is 0 Å². The second-order valence-electron chi connectivity index (χ2n) is 4.42. The number of para-hydroxylation sites is 1. The van der Waals surface area contributed by atoms with Crippen LogP contribution >= 0.6 is 22.6 Å². The van der Waals surface area contributed by atoms with Crippen molar-refractivity contribution >= 4 is 22.6 Å². The van der Waals surface area contributed by atoms with Crippen LogP contribution in [0.2, 0.25) is 0 Å². The number of ether oxygens (including phenoxy) is 1. The fraction of sp³-hybridized carbons (Fsp3) is 0.0625. The lowest BCUT2D eigenvalue weighted by Gasteiger charge is -2.07. The van der Waals surface area contributed by atoms with Crippen LogP contribution in [0.25, 0.3) is 11.5 Å². The minimum Gasteiger partial charge on any atom is -0.438 e. The van der Waals surface area contributed by atoms with Crippen LogP contribution in [0.3, 0.4) is 0 Å². The number of aryl methyl sites for hydroxylation is 1. The van der Waals surface area contributed by atoms with Crippen LogP contribution in [0.5, 0.6) is 11.6 Å². The van der Waals surface area contributed by atoms with E-state index in [0.29, 0.717) is 17.4 Å². The fourth-order valence-electron chi connectivity index (χ4n) is 1.81. The molecule has 0 amide bonds. The third-order valence-electron chi connectivity index (χ3n) is 2.80. The molecule has 3 rings (SSSR count). The van der Waals surface area contributed by atoms with Crippen LogP contribution in [0, 0.1) is 10.5 Å². The molecule has 5 heteroatoms. The Labute approximate surface area is 136 Å². The molecule has 0 aliphatic heterocycles. The summed E-state index contributed by atoms with van der Waals surface area (Å²) in [6.45, 7) is 1.93. The molecule has 0 fully saturated rings. The Bertz CT molecular complexity index is 777. The molecule has 0 aliphatic carbocycles. The van der Waals surface area contributed by atoms with Crippen LogP contribution in [0.1, 0.15) is 5.69 Å². The topological polar surface area (TPSA) is 47.9 Å². The zero-order valence-corrected chi connectivity index (χ0v) is 13.5. The maximum atomic E-state index is 5.83. The SMILES string of the molecule is Cc1ccnc(-c2cccc(Oc3ccccc3I)n2)n1. The van der Waals surface area contributed by atoms with Gasteiger partial charge in [0.05, 0.1) is 3.57 Å². The Hall–Kier alpha value is -2.02. The van der Waals surface area contributed by atoms with E-state index in [2.05, 4.69) is 37.5 Å². The number of hydrogen-bond acceptors (Lipinski definition) is 4. The van der Waals surface area contributed by atoms with Gasteiger partial charge in [-0.25, -0.2) is 15.0 Å². The Morgan fingerprint density at radius 2 is 1.81 bits per heavy atom. The number of rotatable bonds is 3. The number of halogens is 1. The molecule has 0 saturated carbocycles. The fourth-order valence-corrected chi connectivity index (χ4v) is 2.31. The summed E-state index contributed by atoms with van der Waals surface area (Å²) in [7, 11) is 0. The number of nitrogens with zero attached hydrogens (tertiary/aromatic N) is 3. The highest BCUT2D eigenvalue weighted by molar-refractivity contribution is 14.1. The molecule has 0 radical (unpaired) electrons. The lowest BCUT2D eigenvalue weighted by atomic mass is 10.3. The standard InChI is InChI=1S/C16H12IN3O/c1-11-9-10-18-16(19-11)13-6-4-8-15(20-13)21-14-7-3-2-5-12(14)17/h2-10H,1H3. The minimum absolute atomic E-state index is 0.529. The van der Waals surface area contributed by atoms with E-state index in [1.165, 1.54) is 0 Å². The van der Waals surface area contributed by atoms with Crippen molar-refractivity contribution in [3.05, 3.63) is 64.0 Å². The van der Waals surface area contributed by atoms with Crippen LogP contribution < -0.4 is 4.74 Å². The van der Waals surface area contributed by atoms with Gasteiger partial charge in [0.1, 0.15) is 11.4 Å². The van der Waals surface area contributed by atoms with Gasteiger partial charge in [-0.3, -0.25) is 0 Å². The first-order valence-corrected chi connectivity index (χ1v) is 7.50. The van der Waals surface area contributed by atoms with Crippen molar-refractivity contribution in [2.45, 2.75) is 6.92 Å². The van der Waals surface area contributed by atoms with Crippen molar-refractivity contribution in [1.29, 1.82) is 0 Å². The molecule has 1 aromatic carbocycles. The second-order valence-corrected chi connectivity index (χ2v) is 5.58. The van der Waals surface area contributed by atoms with Gasteiger partial charge in [-0.05, 0) is 53.8 Å². The van der Waals surface area contributed by atoms with Crippen molar-refractivity contribution in [1.82, 2.24) is 15.0 Å². The minimum atomic E-state index is 0.529. The molecule has 0 saturated heterocycles. The summed E-state index contributed by atoms with van der Waals surface area (Å²) < 4.78 is 6.86. The molecular formula is C16H12IN3O. The van der Waals surface area contributed by atoms with E-state index in [0.717, 1.165) is 15.0 Å². The van der Waals surface area contributed by atoms with E-state index >= 15 is 0 Å². The second kappa shape index (κ2) is 6.17. The van der Waals surface area contributed by atoms with Crippen LogP contribution in [-0.2, 0) is 0 Å². The van der Waals surface area contributed by atoms with Gasteiger partial charge >= 0.3 is 0 Å². The Morgan fingerprint density at radius 1 is 0.952 bits per heavy atom. The summed E-state index contributed by atoms with van der Waals surface area (Å²) in [5, 5.41) is 0. The first-order valence-electron chi connectivity index (χ1n) is 6.42. The van der Waals surface area contributed by atoms with Gasteiger partial charge in [-0.2, -0.15) is 0 Å². The molecule has 0 unspecified atom stereocenters. The molecule has 0 spiro atoms. The summed E-state index contributed by atoms with van der Waals surface area (Å²) in [5.41, 5.74) is 1.60. The molecule has 21 heavy (non-hydrogen) atoms. The maximum absolute atomic E-state index is 5.83. The number of aromatic nitrogens is 3. The maximum Gasteiger partial charge on any atom is 0.219 e. The highest BCUT2D eigenvalue weighted by Crippen LogP contribution is 2.26. The van der Waals surface area contributed by atoms with Gasteiger partial charge < -0.3 is 4.74 Å². The van der Waals surface area contributed by atoms with Gasteiger partial charge in [0, 0.05) is 18.0 Å². The van der Waals surface area contributed by atoms with Crippen LogP contribution in [-0.4, -0.2) is 15.0 Å². The molecule has 0 N–H and O–H groups in total. The molecule has 0 bridgehead atoms. The molecule has 104 valence electrons. The van der Waals surface area contributed by atoms with E-state index < -0.39 is 0 Å². The number of pyridine rings is 1. The predicted octanol–water partition coefficient (Wildman–Crippen LogP) is 4.24. The largest absolute Gasteiger partial charge is 0.438 e. The molecule has 2 heterocycles. The Morgan fingerprint density at radius 3 is 2.62 bits per heavy atom. The monoisotopic (exact) mass is 389 g/mol. The van der Waals surface area contributed by atoms with Gasteiger partial charge in [0.15, 0.2) is 5.82 Å². The number of hydrogen-bond donors (Lipinski definition) is 0. The van der Waals surface area contributed by atoms with Gasteiger partial charge in [0.2, 0.25) is 5.88 Å². The Kier molecular flexibility index (Phi) is 4.10. The van der Waals surface area contributed by atoms with E-state index in [1.807, 2.05) is 55.5 Å². The van der Waals surface area contributed by atoms with Crippen molar-refractivity contribution in [2.75, 3.05) is 0 Å². The van der Waals surface area contributed by atoms with Crippen molar-refractivity contribution in [3.8, 4) is 23.1 Å². The molecule has 2 aromatic heterocycles. The van der Waals surface area contributed by atoms with E-state index in [1.54, 1.807) is 6.20 Å². The lowest BCUT2D eigenvalue weighted by Crippen LogP contribution is -1.95. The smallest absolute Gasteiger partial charge is 0.219 e. The normalized spacial score (nSPS) is 10.4. The van der Waals surface area contributed by atoms with Gasteiger partial charge in [-0.1, -0.05) is 18.2 Å². The van der Waals surface area contributed by atoms with Crippen molar-refractivity contribution < 1.29 is 4.74 Å². The lowest BCUT2D eigenvalue weighted by molar-refractivity contribution is 0.460. The van der Waals surface area contributed by atoms with E-state index in [-0.39, 0.29) is 0 Å². The van der Waals surface area contributed by atoms with Crippen molar-refractivity contribution in [3.63, 3.8) is 0 Å². The Balaban J connectivity index is 1.92. The first kappa shape index (κ1) is 13.9. The highest BCUT2D eigenvalue weighted by Gasteiger charge is 2.07. The van der Waals surface area contributed by atoms with E-state index in [4.69, 9.17) is 4.74 Å². The zero-order chi connectivity index (χ0) is 14.7. The summed E-state index contributed by atoms with van der Waals surface area (Å²) in [6, 6.07) is 15.3. The summed E-state index contributed by atoms with van der Waals surface area (Å²) in [5.74, 6) is 1.91. The molecule has 3 aromatic rings. The number of benzene rings is 1. The molecule has 4 nitrogen and oxygen atoms in total. The summed E-state index contributed by atoms with van der Waals surface area (Å²) in [6.07, 6.45) is 1.73. The molecule has 0 aliphatic rings. The van der Waals surface area contributed by atoms with Gasteiger partial charge in [-0.15, -0.1) is 0 Å². The summed E-state index contributed by atoms with van der Waals surface area (Å²) >= 11 is 2.23. The average molecular weight is 389 g/mol. The average Bonchev–Trinajstić information content (AvgIpc) is 2.50. The van der Waals surface area contributed by atoms with Crippen LogP contribution in [0.15, 0.2) is 54.7 Å². The zero-order valence-electron chi connectivity index (χ0n) is 11.3. The third kappa shape index (κ3) is 3.36. The highest BCUT2D eigenvalue weighted by atomic mass is 127.